The fourth-order valence-corrected chi connectivity index (χ4v) is 5.74. The summed E-state index contributed by atoms with van der Waals surface area (Å²) >= 11 is 1.44. The van der Waals surface area contributed by atoms with Gasteiger partial charge in [-0.05, 0) is 44.9 Å². The zero-order chi connectivity index (χ0) is 19.4. The van der Waals surface area contributed by atoms with Crippen molar-refractivity contribution >= 4 is 40.3 Å². The summed E-state index contributed by atoms with van der Waals surface area (Å²) in [4.78, 5) is 32.4. The van der Waals surface area contributed by atoms with Gasteiger partial charge in [-0.15, -0.1) is 11.3 Å². The van der Waals surface area contributed by atoms with E-state index in [9.17, 15) is 9.59 Å². The van der Waals surface area contributed by atoms with Crippen LogP contribution in [0.3, 0.4) is 0 Å². The molecule has 1 N–H and O–H groups in total. The molecule has 4 heterocycles. The summed E-state index contributed by atoms with van der Waals surface area (Å²) in [6.45, 7) is 0. The average Bonchev–Trinajstić information content (AvgIpc) is 3.19. The minimum absolute atomic E-state index is 0.0717. The molecule has 2 fully saturated rings. The van der Waals surface area contributed by atoms with Gasteiger partial charge in [0, 0.05) is 35.9 Å². The van der Waals surface area contributed by atoms with Gasteiger partial charge < -0.3 is 15.1 Å². The van der Waals surface area contributed by atoms with Gasteiger partial charge in [-0.2, -0.15) is 0 Å². The maximum absolute atomic E-state index is 13.7. The number of rotatable bonds is 1. The van der Waals surface area contributed by atoms with Gasteiger partial charge in [0.1, 0.15) is 0 Å². The second kappa shape index (κ2) is 6.60. The summed E-state index contributed by atoms with van der Waals surface area (Å²) in [5.41, 5.74) is 2.60. The Labute approximate surface area is 168 Å². The summed E-state index contributed by atoms with van der Waals surface area (Å²) in [6.07, 6.45) is 4.47. The van der Waals surface area contributed by atoms with Crippen LogP contribution in [-0.2, 0) is 0 Å². The van der Waals surface area contributed by atoms with Crippen LogP contribution in [0.1, 0.15) is 36.0 Å². The second-order valence-corrected chi connectivity index (χ2v) is 8.79. The zero-order valence-electron chi connectivity index (χ0n) is 16.1. The Hall–Kier alpha value is -2.38. The maximum Gasteiger partial charge on any atom is 0.329 e. The Kier molecular flexibility index (Phi) is 4.17. The molecule has 2 saturated heterocycles. The number of para-hydroxylation sites is 2. The molecule has 0 saturated carbocycles. The Balaban J connectivity index is 1.51. The average molecular weight is 397 g/mol. The molecule has 2 bridgehead atoms. The minimum atomic E-state index is -0.168. The van der Waals surface area contributed by atoms with Crippen molar-refractivity contribution in [2.24, 2.45) is 0 Å². The minimum Gasteiger partial charge on any atom is -0.324 e. The van der Waals surface area contributed by atoms with Crippen molar-refractivity contribution in [2.75, 3.05) is 24.3 Å². The third-order valence-electron chi connectivity index (χ3n) is 6.63. The number of thiophene rings is 1. The number of urea groups is 1. The smallest absolute Gasteiger partial charge is 0.324 e. The number of benzene rings is 1. The third kappa shape index (κ3) is 2.64. The van der Waals surface area contributed by atoms with Gasteiger partial charge >= 0.3 is 6.03 Å². The van der Waals surface area contributed by atoms with Gasteiger partial charge in [0.15, 0.2) is 0 Å². The number of hydrogen-bond donors (Lipinski definition) is 1. The first-order chi connectivity index (χ1) is 13.5. The lowest BCUT2D eigenvalue weighted by Crippen LogP contribution is -2.52. The van der Waals surface area contributed by atoms with Gasteiger partial charge in [0.2, 0.25) is 0 Å². The van der Waals surface area contributed by atoms with Crippen LogP contribution in [0.15, 0.2) is 35.0 Å². The Morgan fingerprint density at radius 3 is 2.61 bits per heavy atom. The number of hydrogen-bond acceptors (Lipinski definition) is 4. The molecule has 0 aliphatic carbocycles. The summed E-state index contributed by atoms with van der Waals surface area (Å²) in [6, 6.07) is 8.80. The molecular formula is C21H24N4O2S. The fourth-order valence-electron chi connectivity index (χ4n) is 4.95. The van der Waals surface area contributed by atoms with Crippen molar-refractivity contribution in [2.45, 2.75) is 43.8 Å². The number of amides is 3. The largest absolute Gasteiger partial charge is 0.329 e. The van der Waals surface area contributed by atoms with Crippen molar-refractivity contribution in [1.29, 1.82) is 0 Å². The molecule has 3 aliphatic heterocycles. The van der Waals surface area contributed by atoms with E-state index in [-0.39, 0.29) is 18.0 Å². The van der Waals surface area contributed by atoms with E-state index in [1.54, 1.807) is 4.90 Å². The third-order valence-corrected chi connectivity index (χ3v) is 7.37. The van der Waals surface area contributed by atoms with Crippen molar-refractivity contribution in [3.8, 4) is 0 Å². The van der Waals surface area contributed by atoms with E-state index in [0.717, 1.165) is 18.5 Å². The highest BCUT2D eigenvalue weighted by Gasteiger charge is 2.42. The van der Waals surface area contributed by atoms with E-state index in [1.165, 1.54) is 24.2 Å². The predicted molar refractivity (Wildman–Crippen MR) is 112 cm³/mol. The monoisotopic (exact) mass is 396 g/mol. The Bertz CT molecular complexity index is 928. The number of nitrogens with zero attached hydrogens (tertiary/aromatic N) is 3. The molecule has 28 heavy (non-hydrogen) atoms. The quantitative estimate of drug-likeness (QED) is 0.789. The molecule has 6 nitrogen and oxygen atoms in total. The standard InChI is InChI=1S/C21H24N4O2S/c1-23-13-7-8-14(23)10-15(9-13)24(2)21(27)25-18-6-4-3-5-17(18)22-20(26)16-11-28-12-19(16)25/h3-6,11-15H,7-10H2,1-2H3,(H,22,26). The van der Waals surface area contributed by atoms with E-state index in [1.807, 2.05) is 47.0 Å². The fraction of sp³-hybridized carbons (Fsp3) is 0.429. The van der Waals surface area contributed by atoms with Crippen LogP contribution < -0.4 is 10.2 Å². The molecular weight excluding hydrogens is 372 g/mol. The van der Waals surface area contributed by atoms with Gasteiger partial charge in [-0.3, -0.25) is 9.69 Å². The summed E-state index contributed by atoms with van der Waals surface area (Å²) in [5, 5.41) is 6.65. The molecule has 2 atom stereocenters. The first-order valence-corrected chi connectivity index (χ1v) is 10.7. The highest BCUT2D eigenvalue weighted by Crippen LogP contribution is 2.41. The van der Waals surface area contributed by atoms with Crippen LogP contribution >= 0.6 is 11.3 Å². The van der Waals surface area contributed by atoms with Crippen LogP contribution in [0.2, 0.25) is 0 Å². The lowest BCUT2D eigenvalue weighted by molar-refractivity contribution is 0.102. The van der Waals surface area contributed by atoms with Gasteiger partial charge in [0.05, 0.1) is 22.6 Å². The van der Waals surface area contributed by atoms with Gasteiger partial charge in [-0.25, -0.2) is 4.79 Å². The molecule has 7 heteroatoms. The molecule has 0 radical (unpaired) electrons. The van der Waals surface area contributed by atoms with Crippen molar-refractivity contribution < 1.29 is 9.59 Å². The van der Waals surface area contributed by atoms with Crippen LogP contribution in [0.4, 0.5) is 21.9 Å². The number of carbonyl (C=O) groups is 2. The Morgan fingerprint density at radius 2 is 1.86 bits per heavy atom. The van der Waals surface area contributed by atoms with Crippen LogP contribution in [0.25, 0.3) is 0 Å². The number of anilines is 3. The van der Waals surface area contributed by atoms with Crippen LogP contribution in [0.5, 0.6) is 0 Å². The summed E-state index contributed by atoms with van der Waals surface area (Å²) in [5.74, 6) is -0.168. The second-order valence-electron chi connectivity index (χ2n) is 8.05. The lowest BCUT2D eigenvalue weighted by Gasteiger charge is -2.41. The number of carbonyl (C=O) groups excluding carboxylic acids is 2. The van der Waals surface area contributed by atoms with Crippen LogP contribution in [-0.4, -0.2) is 54.0 Å². The van der Waals surface area contributed by atoms with E-state index in [0.29, 0.717) is 29.0 Å². The van der Waals surface area contributed by atoms with Gasteiger partial charge in [-0.1, -0.05) is 12.1 Å². The molecule has 3 aliphatic rings. The molecule has 2 aromatic rings. The first kappa shape index (κ1) is 17.7. The van der Waals surface area contributed by atoms with Crippen molar-refractivity contribution in [3.05, 3.63) is 40.6 Å². The molecule has 1 aromatic carbocycles. The summed E-state index contributed by atoms with van der Waals surface area (Å²) < 4.78 is 0. The molecule has 146 valence electrons. The molecule has 0 spiro atoms. The van der Waals surface area contributed by atoms with E-state index >= 15 is 0 Å². The van der Waals surface area contributed by atoms with E-state index in [4.69, 9.17) is 0 Å². The summed E-state index contributed by atoms with van der Waals surface area (Å²) in [7, 11) is 4.12. The van der Waals surface area contributed by atoms with Crippen molar-refractivity contribution in [1.82, 2.24) is 9.80 Å². The first-order valence-electron chi connectivity index (χ1n) is 9.80. The number of fused-ring (bicyclic) bond motifs is 4. The Morgan fingerprint density at radius 1 is 1.14 bits per heavy atom. The SMILES string of the molecule is CN(C(=O)N1c2ccccc2NC(=O)c2cscc21)C1CC2CCC(C1)N2C. The normalized spacial score (nSPS) is 26.3. The highest BCUT2D eigenvalue weighted by atomic mass is 32.1. The molecule has 3 amide bonds. The zero-order valence-corrected chi connectivity index (χ0v) is 16.9. The maximum atomic E-state index is 13.7. The highest BCUT2D eigenvalue weighted by molar-refractivity contribution is 7.08. The molecule has 2 unspecified atom stereocenters. The van der Waals surface area contributed by atoms with E-state index in [2.05, 4.69) is 17.3 Å². The van der Waals surface area contributed by atoms with E-state index < -0.39 is 0 Å². The predicted octanol–water partition coefficient (Wildman–Crippen LogP) is 4.13. The van der Waals surface area contributed by atoms with Crippen LogP contribution in [0, 0.1) is 0 Å². The molecule has 5 rings (SSSR count). The van der Waals surface area contributed by atoms with Gasteiger partial charge in [0.25, 0.3) is 5.91 Å². The number of piperidine rings is 1. The lowest BCUT2D eigenvalue weighted by atomic mass is 9.97. The topological polar surface area (TPSA) is 55.9 Å². The van der Waals surface area contributed by atoms with Crippen molar-refractivity contribution in [3.63, 3.8) is 0 Å². The molecule has 1 aromatic heterocycles. The number of nitrogens with one attached hydrogen (secondary N) is 1.